The Labute approximate surface area is 177 Å². The van der Waals surface area contributed by atoms with Crippen LogP contribution in [-0.4, -0.2) is 35.6 Å². The zero-order valence-corrected chi connectivity index (χ0v) is 17.7. The Balaban J connectivity index is 1.78. The summed E-state index contributed by atoms with van der Waals surface area (Å²) in [6.45, 7) is 4.55. The van der Waals surface area contributed by atoms with Gasteiger partial charge in [0.2, 0.25) is 0 Å². The van der Waals surface area contributed by atoms with Crippen molar-refractivity contribution >= 4 is 17.5 Å². The minimum absolute atomic E-state index is 0.0385. The van der Waals surface area contributed by atoms with Crippen molar-refractivity contribution in [3.05, 3.63) is 94.3 Å². The molecule has 3 rings (SSSR count). The molecule has 0 aliphatic carbocycles. The van der Waals surface area contributed by atoms with Crippen LogP contribution in [0.3, 0.4) is 0 Å². The summed E-state index contributed by atoms with van der Waals surface area (Å²) in [5, 5.41) is 0.729. The van der Waals surface area contributed by atoms with Crippen molar-refractivity contribution in [2.75, 3.05) is 20.3 Å². The van der Waals surface area contributed by atoms with Crippen LogP contribution in [0.4, 0.5) is 0 Å². The van der Waals surface area contributed by atoms with Crippen molar-refractivity contribution in [3.8, 4) is 0 Å². The Kier molecular flexibility index (Phi) is 7.50. The zero-order chi connectivity index (χ0) is 20.6. The normalized spacial score (nSPS) is 10.9. The number of halogens is 1. The SMILES string of the molecule is COCCCN(Cc1cccn1Cc1cccc(Cl)c1)C(=O)c1ccc(C)cc1. The molecule has 1 heterocycles. The molecule has 0 atom stereocenters. The molecule has 0 unspecified atom stereocenters. The molecule has 0 saturated heterocycles. The molecule has 0 fully saturated rings. The molecule has 3 aromatic rings. The second-order valence-corrected chi connectivity index (χ2v) is 7.63. The molecule has 0 saturated carbocycles. The van der Waals surface area contributed by atoms with Gasteiger partial charge in [-0.25, -0.2) is 0 Å². The lowest BCUT2D eigenvalue weighted by molar-refractivity contribution is 0.0720. The lowest BCUT2D eigenvalue weighted by Gasteiger charge is -2.24. The van der Waals surface area contributed by atoms with Crippen LogP contribution in [0.2, 0.25) is 5.02 Å². The van der Waals surface area contributed by atoms with Crippen LogP contribution >= 0.6 is 11.6 Å². The van der Waals surface area contributed by atoms with Gasteiger partial charge < -0.3 is 14.2 Å². The molecule has 1 aromatic heterocycles. The second kappa shape index (κ2) is 10.3. The number of methoxy groups -OCH3 is 1. The summed E-state index contributed by atoms with van der Waals surface area (Å²) >= 11 is 6.13. The number of rotatable bonds is 9. The first-order valence-corrected chi connectivity index (χ1v) is 10.2. The molecule has 29 heavy (non-hydrogen) atoms. The maximum absolute atomic E-state index is 13.1. The van der Waals surface area contributed by atoms with Gasteiger partial charge in [-0.15, -0.1) is 0 Å². The van der Waals surface area contributed by atoms with Gasteiger partial charge in [0.15, 0.2) is 0 Å². The summed E-state index contributed by atoms with van der Waals surface area (Å²) in [7, 11) is 1.68. The lowest BCUT2D eigenvalue weighted by Crippen LogP contribution is -2.33. The standard InChI is InChI=1S/C24H27ClN2O2/c1-19-9-11-21(12-10-19)24(28)27(14-5-15-29-2)18-23-8-4-13-26(23)17-20-6-3-7-22(25)16-20/h3-4,6-13,16H,5,14-15,17-18H2,1-2H3. The number of hydrogen-bond donors (Lipinski definition) is 0. The number of amides is 1. The van der Waals surface area contributed by atoms with Crippen molar-refractivity contribution in [2.24, 2.45) is 0 Å². The fraction of sp³-hybridized carbons (Fsp3) is 0.292. The monoisotopic (exact) mass is 410 g/mol. The van der Waals surface area contributed by atoms with Crippen LogP contribution in [0.15, 0.2) is 66.9 Å². The third-order valence-electron chi connectivity index (χ3n) is 4.88. The average Bonchev–Trinajstić information content (AvgIpc) is 3.14. The molecule has 0 aliphatic heterocycles. The molecule has 0 radical (unpaired) electrons. The molecule has 2 aromatic carbocycles. The number of ether oxygens (including phenoxy) is 1. The molecule has 152 valence electrons. The van der Waals surface area contributed by atoms with Gasteiger partial charge in [-0.1, -0.05) is 41.4 Å². The first-order valence-electron chi connectivity index (χ1n) is 9.80. The molecule has 0 N–H and O–H groups in total. The Morgan fingerprint density at radius 3 is 2.62 bits per heavy atom. The molecule has 0 aliphatic rings. The summed E-state index contributed by atoms with van der Waals surface area (Å²) in [5.74, 6) is 0.0385. The molecule has 4 nitrogen and oxygen atoms in total. The topological polar surface area (TPSA) is 34.5 Å². The first-order chi connectivity index (χ1) is 14.1. The summed E-state index contributed by atoms with van der Waals surface area (Å²) in [6, 6.07) is 19.7. The molecular formula is C24H27ClN2O2. The van der Waals surface area contributed by atoms with Gasteiger partial charge in [0.25, 0.3) is 5.91 Å². The minimum Gasteiger partial charge on any atom is -0.385 e. The number of carbonyl (C=O) groups is 1. The van der Waals surface area contributed by atoms with Gasteiger partial charge in [0.1, 0.15) is 0 Å². The first kappa shape index (κ1) is 21.2. The van der Waals surface area contributed by atoms with Gasteiger partial charge in [0, 0.05) is 49.3 Å². The van der Waals surface area contributed by atoms with Crippen LogP contribution in [0.5, 0.6) is 0 Å². The Morgan fingerprint density at radius 2 is 1.90 bits per heavy atom. The van der Waals surface area contributed by atoms with Crippen LogP contribution in [0.1, 0.15) is 33.6 Å². The third-order valence-corrected chi connectivity index (χ3v) is 5.12. The summed E-state index contributed by atoms with van der Waals surface area (Å²) in [6.07, 6.45) is 2.84. The highest BCUT2D eigenvalue weighted by Gasteiger charge is 2.17. The Morgan fingerprint density at radius 1 is 1.10 bits per heavy atom. The highest BCUT2D eigenvalue weighted by molar-refractivity contribution is 6.30. The van der Waals surface area contributed by atoms with Crippen molar-refractivity contribution in [1.82, 2.24) is 9.47 Å². The third kappa shape index (κ3) is 5.96. The van der Waals surface area contributed by atoms with Crippen LogP contribution < -0.4 is 0 Å². The number of nitrogens with zero attached hydrogens (tertiary/aromatic N) is 2. The maximum Gasteiger partial charge on any atom is 0.254 e. The van der Waals surface area contributed by atoms with Crippen LogP contribution in [0, 0.1) is 6.92 Å². The highest BCUT2D eigenvalue weighted by atomic mass is 35.5. The smallest absolute Gasteiger partial charge is 0.254 e. The van der Waals surface area contributed by atoms with Gasteiger partial charge in [-0.2, -0.15) is 0 Å². The minimum atomic E-state index is 0.0385. The van der Waals surface area contributed by atoms with Crippen molar-refractivity contribution < 1.29 is 9.53 Å². The van der Waals surface area contributed by atoms with E-state index in [2.05, 4.69) is 16.7 Å². The number of aryl methyl sites for hydroxylation is 1. The quantitative estimate of drug-likeness (QED) is 0.455. The second-order valence-electron chi connectivity index (χ2n) is 7.20. The van der Waals surface area contributed by atoms with E-state index in [1.807, 2.05) is 66.6 Å². The van der Waals surface area contributed by atoms with Gasteiger partial charge in [0.05, 0.1) is 6.54 Å². The van der Waals surface area contributed by atoms with Gasteiger partial charge in [-0.3, -0.25) is 4.79 Å². The summed E-state index contributed by atoms with van der Waals surface area (Å²) in [4.78, 5) is 15.0. The summed E-state index contributed by atoms with van der Waals surface area (Å²) < 4.78 is 7.35. The fourth-order valence-corrected chi connectivity index (χ4v) is 3.52. The zero-order valence-electron chi connectivity index (χ0n) is 17.0. The van der Waals surface area contributed by atoms with Gasteiger partial charge >= 0.3 is 0 Å². The van der Waals surface area contributed by atoms with E-state index in [1.165, 1.54) is 0 Å². The average molecular weight is 411 g/mol. The number of carbonyl (C=O) groups excluding carboxylic acids is 1. The van der Waals surface area contributed by atoms with Crippen LogP contribution in [-0.2, 0) is 17.8 Å². The largest absolute Gasteiger partial charge is 0.385 e. The van der Waals surface area contributed by atoms with Gasteiger partial charge in [-0.05, 0) is 55.3 Å². The van der Waals surface area contributed by atoms with E-state index in [0.29, 0.717) is 31.8 Å². The van der Waals surface area contributed by atoms with E-state index in [4.69, 9.17) is 16.3 Å². The highest BCUT2D eigenvalue weighted by Crippen LogP contribution is 2.16. The van der Waals surface area contributed by atoms with Crippen LogP contribution in [0.25, 0.3) is 0 Å². The van der Waals surface area contributed by atoms with Crippen molar-refractivity contribution in [1.29, 1.82) is 0 Å². The van der Waals surface area contributed by atoms with E-state index < -0.39 is 0 Å². The number of aromatic nitrogens is 1. The molecule has 0 bridgehead atoms. The Hall–Kier alpha value is -2.56. The predicted molar refractivity (Wildman–Crippen MR) is 117 cm³/mol. The molecule has 5 heteroatoms. The van der Waals surface area contributed by atoms with E-state index >= 15 is 0 Å². The van der Waals surface area contributed by atoms with Crippen molar-refractivity contribution in [3.63, 3.8) is 0 Å². The van der Waals surface area contributed by atoms with E-state index in [-0.39, 0.29) is 5.91 Å². The van der Waals surface area contributed by atoms with E-state index in [1.54, 1.807) is 7.11 Å². The number of hydrogen-bond acceptors (Lipinski definition) is 2. The summed E-state index contributed by atoms with van der Waals surface area (Å²) in [5.41, 5.74) is 4.07. The van der Waals surface area contributed by atoms with E-state index in [0.717, 1.165) is 28.3 Å². The van der Waals surface area contributed by atoms with Crippen molar-refractivity contribution in [2.45, 2.75) is 26.4 Å². The Bertz CT molecular complexity index is 934. The predicted octanol–water partition coefficient (Wildman–Crippen LogP) is 5.18. The lowest BCUT2D eigenvalue weighted by atomic mass is 10.1. The molecule has 1 amide bonds. The molecular weight excluding hydrogens is 384 g/mol. The fourth-order valence-electron chi connectivity index (χ4n) is 3.31. The molecule has 0 spiro atoms. The number of benzene rings is 2. The maximum atomic E-state index is 13.1. The van der Waals surface area contributed by atoms with E-state index in [9.17, 15) is 4.79 Å².